The minimum atomic E-state index is -4.03. The van der Waals surface area contributed by atoms with E-state index in [1.165, 1.54) is 26.4 Å². The fraction of sp³-hybridized carbons (Fsp3) is 0.458. The van der Waals surface area contributed by atoms with Crippen LogP contribution in [0.2, 0.25) is 0 Å². The van der Waals surface area contributed by atoms with Gasteiger partial charge in [-0.05, 0) is 48.7 Å². The first kappa shape index (κ1) is 25.5. The number of amides is 1. The van der Waals surface area contributed by atoms with Gasteiger partial charge in [-0.25, -0.2) is 8.42 Å². The third kappa shape index (κ3) is 6.63. The molecule has 1 unspecified atom stereocenters. The van der Waals surface area contributed by atoms with Gasteiger partial charge in [0, 0.05) is 6.54 Å². The van der Waals surface area contributed by atoms with Crippen LogP contribution >= 0.6 is 0 Å². The smallest absolute Gasteiger partial charge is 0.264 e. The zero-order chi connectivity index (χ0) is 23.6. The van der Waals surface area contributed by atoms with E-state index >= 15 is 0 Å². The number of nitrogens with zero attached hydrogens (tertiary/aromatic N) is 1. The van der Waals surface area contributed by atoms with Crippen molar-refractivity contribution in [1.82, 2.24) is 5.32 Å². The average Bonchev–Trinajstić information content (AvgIpc) is 2.82. The van der Waals surface area contributed by atoms with Gasteiger partial charge in [-0.1, -0.05) is 45.2 Å². The standard InChI is InChI=1S/C24H34N2O5S/c1-5-7-10-19(6-2)17-25-24(27)18-26(22-11-8-9-12-23(22)31-4)32(28,29)21-15-13-20(30-3)14-16-21/h8-9,11-16,19H,5-7,10,17-18H2,1-4H3,(H,25,27). The van der Waals surface area contributed by atoms with Gasteiger partial charge in [0.1, 0.15) is 18.0 Å². The molecule has 7 nitrogen and oxygen atoms in total. The maximum atomic E-state index is 13.5. The average molecular weight is 463 g/mol. The fourth-order valence-electron chi connectivity index (χ4n) is 3.40. The highest BCUT2D eigenvalue weighted by Gasteiger charge is 2.29. The van der Waals surface area contributed by atoms with E-state index in [9.17, 15) is 13.2 Å². The molecule has 2 aromatic rings. The van der Waals surface area contributed by atoms with Crippen LogP contribution in [0.15, 0.2) is 53.4 Å². The Morgan fingerprint density at radius 3 is 2.31 bits per heavy atom. The van der Waals surface area contributed by atoms with Crippen LogP contribution in [0.4, 0.5) is 5.69 Å². The van der Waals surface area contributed by atoms with Crippen molar-refractivity contribution in [3.05, 3.63) is 48.5 Å². The van der Waals surface area contributed by atoms with Crippen molar-refractivity contribution in [1.29, 1.82) is 0 Å². The molecule has 0 bridgehead atoms. The van der Waals surface area contributed by atoms with E-state index < -0.39 is 10.0 Å². The van der Waals surface area contributed by atoms with Crippen LogP contribution in [-0.2, 0) is 14.8 Å². The molecular weight excluding hydrogens is 428 g/mol. The SMILES string of the molecule is CCCCC(CC)CNC(=O)CN(c1ccccc1OC)S(=O)(=O)c1ccc(OC)cc1. The van der Waals surface area contributed by atoms with Gasteiger partial charge in [0.2, 0.25) is 5.91 Å². The Bertz CT molecular complexity index is 961. The number of hydrogen-bond donors (Lipinski definition) is 1. The summed E-state index contributed by atoms with van der Waals surface area (Å²) in [6, 6.07) is 12.8. The van der Waals surface area contributed by atoms with E-state index in [-0.39, 0.29) is 17.3 Å². The van der Waals surface area contributed by atoms with Gasteiger partial charge in [0.05, 0.1) is 24.8 Å². The maximum absolute atomic E-state index is 13.5. The van der Waals surface area contributed by atoms with Crippen molar-refractivity contribution in [3.63, 3.8) is 0 Å². The van der Waals surface area contributed by atoms with E-state index in [4.69, 9.17) is 9.47 Å². The number of nitrogens with one attached hydrogen (secondary N) is 1. The van der Waals surface area contributed by atoms with Crippen LogP contribution in [0, 0.1) is 5.92 Å². The van der Waals surface area contributed by atoms with Crippen molar-refractivity contribution < 1.29 is 22.7 Å². The normalized spacial score (nSPS) is 12.1. The number of carbonyl (C=O) groups is 1. The monoisotopic (exact) mass is 462 g/mol. The summed E-state index contributed by atoms with van der Waals surface area (Å²) >= 11 is 0. The molecule has 0 spiro atoms. The lowest BCUT2D eigenvalue weighted by molar-refractivity contribution is -0.119. The predicted molar refractivity (Wildman–Crippen MR) is 127 cm³/mol. The third-order valence-electron chi connectivity index (χ3n) is 5.42. The second kappa shape index (κ2) is 12.3. The Hall–Kier alpha value is -2.74. The Kier molecular flexibility index (Phi) is 9.84. The number of anilines is 1. The van der Waals surface area contributed by atoms with Crippen LogP contribution in [0.5, 0.6) is 11.5 Å². The van der Waals surface area contributed by atoms with Gasteiger partial charge in [0.25, 0.3) is 10.0 Å². The molecule has 0 radical (unpaired) electrons. The predicted octanol–water partition coefficient (Wildman–Crippen LogP) is 4.23. The molecule has 1 atom stereocenters. The summed E-state index contributed by atoms with van der Waals surface area (Å²) in [6.45, 7) is 4.42. The number of methoxy groups -OCH3 is 2. The molecule has 1 amide bonds. The van der Waals surface area contributed by atoms with Crippen LogP contribution in [-0.4, -0.2) is 41.6 Å². The molecule has 0 saturated carbocycles. The lowest BCUT2D eigenvalue weighted by atomic mass is 9.99. The second-order valence-corrected chi connectivity index (χ2v) is 9.44. The lowest BCUT2D eigenvalue weighted by Gasteiger charge is -2.26. The minimum absolute atomic E-state index is 0.0615. The van der Waals surface area contributed by atoms with Gasteiger partial charge in [-0.3, -0.25) is 9.10 Å². The highest BCUT2D eigenvalue weighted by Crippen LogP contribution is 2.32. The Morgan fingerprint density at radius 1 is 1.03 bits per heavy atom. The number of sulfonamides is 1. The van der Waals surface area contributed by atoms with Crippen molar-refractivity contribution in [2.75, 3.05) is 31.6 Å². The first-order valence-electron chi connectivity index (χ1n) is 10.9. The number of unbranched alkanes of at least 4 members (excludes halogenated alkanes) is 1. The largest absolute Gasteiger partial charge is 0.497 e. The van der Waals surface area contributed by atoms with Crippen molar-refractivity contribution in [2.24, 2.45) is 5.92 Å². The highest BCUT2D eigenvalue weighted by atomic mass is 32.2. The summed E-state index contributed by atoms with van der Waals surface area (Å²) in [5.74, 6) is 0.926. The van der Waals surface area contributed by atoms with Crippen LogP contribution in [0.25, 0.3) is 0 Å². The summed E-state index contributed by atoms with van der Waals surface area (Å²) in [5.41, 5.74) is 0.305. The quantitative estimate of drug-likeness (QED) is 0.481. The number of rotatable bonds is 13. The molecule has 0 heterocycles. The highest BCUT2D eigenvalue weighted by molar-refractivity contribution is 7.92. The molecule has 0 aliphatic carbocycles. The van der Waals surface area contributed by atoms with Crippen LogP contribution < -0.4 is 19.1 Å². The van der Waals surface area contributed by atoms with E-state index in [0.717, 1.165) is 30.0 Å². The summed E-state index contributed by atoms with van der Waals surface area (Å²) < 4.78 is 38.6. The fourth-order valence-corrected chi connectivity index (χ4v) is 4.83. The molecule has 8 heteroatoms. The molecule has 1 N–H and O–H groups in total. The summed E-state index contributed by atoms with van der Waals surface area (Å²) in [4.78, 5) is 12.9. The number of ether oxygens (including phenoxy) is 2. The zero-order valence-corrected chi connectivity index (χ0v) is 20.2. The summed E-state index contributed by atoms with van der Waals surface area (Å²) in [7, 11) is -1.05. The van der Waals surface area contributed by atoms with Crippen molar-refractivity contribution >= 4 is 21.6 Å². The van der Waals surface area contributed by atoms with Crippen LogP contribution in [0.1, 0.15) is 39.5 Å². The van der Waals surface area contributed by atoms with Gasteiger partial charge in [-0.2, -0.15) is 0 Å². The number of hydrogen-bond acceptors (Lipinski definition) is 5. The third-order valence-corrected chi connectivity index (χ3v) is 7.19. The van der Waals surface area contributed by atoms with Gasteiger partial charge in [-0.15, -0.1) is 0 Å². The maximum Gasteiger partial charge on any atom is 0.264 e. The molecule has 32 heavy (non-hydrogen) atoms. The van der Waals surface area contributed by atoms with Crippen molar-refractivity contribution in [3.8, 4) is 11.5 Å². The topological polar surface area (TPSA) is 84.9 Å². The first-order chi connectivity index (χ1) is 15.4. The number of para-hydroxylation sites is 2. The molecule has 0 saturated heterocycles. The first-order valence-corrected chi connectivity index (χ1v) is 12.4. The Labute approximate surface area is 191 Å². The van der Waals surface area contributed by atoms with E-state index in [1.54, 1.807) is 36.4 Å². The van der Waals surface area contributed by atoms with Gasteiger partial charge in [0.15, 0.2) is 0 Å². The lowest BCUT2D eigenvalue weighted by Crippen LogP contribution is -2.42. The van der Waals surface area contributed by atoms with Gasteiger partial charge >= 0.3 is 0 Å². The second-order valence-electron chi connectivity index (χ2n) is 7.58. The van der Waals surface area contributed by atoms with Crippen molar-refractivity contribution in [2.45, 2.75) is 44.4 Å². The summed E-state index contributed by atoms with van der Waals surface area (Å²) in [6.07, 6.45) is 4.20. The molecule has 176 valence electrons. The molecule has 2 rings (SSSR count). The Morgan fingerprint density at radius 2 is 1.72 bits per heavy atom. The zero-order valence-electron chi connectivity index (χ0n) is 19.3. The number of carbonyl (C=O) groups excluding carboxylic acids is 1. The number of benzene rings is 2. The van der Waals surface area contributed by atoms with E-state index in [0.29, 0.717) is 29.6 Å². The van der Waals surface area contributed by atoms with Gasteiger partial charge < -0.3 is 14.8 Å². The van der Waals surface area contributed by atoms with E-state index in [2.05, 4.69) is 19.2 Å². The molecular formula is C24H34N2O5S. The Balaban J connectivity index is 2.31. The molecule has 2 aromatic carbocycles. The van der Waals surface area contributed by atoms with E-state index in [1.807, 2.05) is 0 Å². The molecule has 0 aromatic heterocycles. The van der Waals surface area contributed by atoms with Crippen LogP contribution in [0.3, 0.4) is 0 Å². The summed E-state index contributed by atoms with van der Waals surface area (Å²) in [5, 5.41) is 2.92. The molecule has 0 fully saturated rings. The molecule has 0 aliphatic heterocycles. The molecule has 0 aliphatic rings. The minimum Gasteiger partial charge on any atom is -0.497 e.